The van der Waals surface area contributed by atoms with Gasteiger partial charge < -0.3 is 15.0 Å². The summed E-state index contributed by atoms with van der Waals surface area (Å²) >= 11 is 0. The number of rotatable bonds is 5. The van der Waals surface area contributed by atoms with Crippen molar-refractivity contribution in [2.75, 3.05) is 32.8 Å². The van der Waals surface area contributed by atoms with Gasteiger partial charge in [0.2, 0.25) is 0 Å². The van der Waals surface area contributed by atoms with E-state index in [1.807, 2.05) is 4.90 Å². The fourth-order valence-corrected chi connectivity index (χ4v) is 5.35. The van der Waals surface area contributed by atoms with E-state index in [1.54, 1.807) is 0 Å². The van der Waals surface area contributed by atoms with Gasteiger partial charge in [-0.05, 0) is 52.4 Å². The van der Waals surface area contributed by atoms with E-state index in [9.17, 15) is 0 Å². The molecule has 1 aliphatic carbocycles. The molecule has 3 rings (SSSR count). The molecule has 2 saturated heterocycles. The van der Waals surface area contributed by atoms with Gasteiger partial charge >= 0.3 is 0 Å². The monoisotopic (exact) mass is 310 g/mol. The normalized spacial score (nSPS) is 34.1. The zero-order chi connectivity index (χ0) is 15.5. The van der Waals surface area contributed by atoms with Crippen molar-refractivity contribution in [1.29, 1.82) is 0 Å². The first kappa shape index (κ1) is 16.7. The summed E-state index contributed by atoms with van der Waals surface area (Å²) in [5, 5.41) is 2.73. The number of hydrogen-bond acceptors (Lipinski definition) is 1. The van der Waals surface area contributed by atoms with Crippen molar-refractivity contribution in [1.82, 2.24) is 0 Å². The molecule has 3 heteroatoms. The van der Waals surface area contributed by atoms with Crippen molar-refractivity contribution >= 4 is 0 Å². The lowest BCUT2D eigenvalue weighted by Crippen LogP contribution is -3.12. The smallest absolute Gasteiger partial charge is 0.0884 e. The Balaban J connectivity index is 1.62. The fraction of sp³-hybridized carbons (Fsp3) is 1.00. The predicted molar refractivity (Wildman–Crippen MR) is 90.2 cm³/mol. The molecule has 0 aromatic carbocycles. The van der Waals surface area contributed by atoms with Crippen LogP contribution in [-0.2, 0) is 4.74 Å². The van der Waals surface area contributed by atoms with Crippen LogP contribution < -0.4 is 10.2 Å². The summed E-state index contributed by atoms with van der Waals surface area (Å²) < 4.78 is 6.05. The largest absolute Gasteiger partial charge is 0.376 e. The average Bonchev–Trinajstić information content (AvgIpc) is 2.98. The summed E-state index contributed by atoms with van der Waals surface area (Å²) in [6.07, 6.45) is 12.7. The highest BCUT2D eigenvalue weighted by molar-refractivity contribution is 4.90. The number of nitrogens with two attached hydrogens (primary N) is 1. The van der Waals surface area contributed by atoms with Gasteiger partial charge in [0.05, 0.1) is 43.2 Å². The number of hydrogen-bond donors (Lipinski definition) is 2. The minimum Gasteiger partial charge on any atom is -0.376 e. The summed E-state index contributed by atoms with van der Waals surface area (Å²) in [6, 6.07) is 0.908. The molecule has 128 valence electrons. The van der Waals surface area contributed by atoms with Gasteiger partial charge in [0.1, 0.15) is 0 Å². The first-order valence-corrected chi connectivity index (χ1v) is 9.88. The molecule has 0 amide bonds. The molecule has 1 atom stereocenters. The lowest BCUT2D eigenvalue weighted by atomic mass is 9.73. The van der Waals surface area contributed by atoms with E-state index in [4.69, 9.17) is 4.74 Å². The van der Waals surface area contributed by atoms with Crippen LogP contribution in [0.1, 0.15) is 71.6 Å². The first-order chi connectivity index (χ1) is 10.6. The predicted octanol–water partition coefficient (Wildman–Crippen LogP) is 1.14. The maximum atomic E-state index is 6.05. The molecule has 0 bridgehead atoms. The Bertz CT molecular complexity index is 345. The van der Waals surface area contributed by atoms with E-state index in [2.05, 4.69) is 19.2 Å². The highest BCUT2D eigenvalue weighted by Crippen LogP contribution is 2.37. The number of nitrogens with one attached hydrogen (secondary N) is 1. The van der Waals surface area contributed by atoms with Crippen LogP contribution in [0.5, 0.6) is 0 Å². The third-order valence-corrected chi connectivity index (χ3v) is 6.40. The third-order valence-electron chi connectivity index (χ3n) is 6.40. The van der Waals surface area contributed by atoms with Gasteiger partial charge in [0.25, 0.3) is 0 Å². The molecular weight excluding hydrogens is 272 g/mol. The van der Waals surface area contributed by atoms with Gasteiger partial charge in [-0.25, -0.2) is 0 Å². The zero-order valence-electron chi connectivity index (χ0n) is 15.0. The van der Waals surface area contributed by atoms with E-state index in [-0.39, 0.29) is 5.60 Å². The molecule has 2 heterocycles. The van der Waals surface area contributed by atoms with Crippen LogP contribution in [0, 0.1) is 5.41 Å². The standard InChI is InChI=1S/C19H36N2O/c1-18(2)14-19(10-13-22-18,16-21-11-6-7-12-21)15-20-17-8-4-3-5-9-17/h17,20H,3-16H2,1-2H3/p+2/t19-/m0/s1. The Hall–Kier alpha value is -0.120. The van der Waals surface area contributed by atoms with E-state index in [0.29, 0.717) is 5.41 Å². The highest BCUT2D eigenvalue weighted by Gasteiger charge is 2.45. The van der Waals surface area contributed by atoms with Gasteiger partial charge in [-0.2, -0.15) is 0 Å². The Kier molecular flexibility index (Phi) is 5.47. The van der Waals surface area contributed by atoms with Gasteiger partial charge in [0, 0.05) is 19.4 Å². The topological polar surface area (TPSA) is 30.3 Å². The summed E-state index contributed by atoms with van der Waals surface area (Å²) in [7, 11) is 0. The zero-order valence-corrected chi connectivity index (χ0v) is 15.0. The van der Waals surface area contributed by atoms with Crippen LogP contribution in [-0.4, -0.2) is 44.4 Å². The molecule has 2 aliphatic heterocycles. The van der Waals surface area contributed by atoms with Gasteiger partial charge in [-0.1, -0.05) is 6.42 Å². The Morgan fingerprint density at radius 3 is 2.45 bits per heavy atom. The Labute approximate surface area is 137 Å². The van der Waals surface area contributed by atoms with Crippen LogP contribution in [0.2, 0.25) is 0 Å². The second-order valence-electron chi connectivity index (χ2n) is 9.01. The SMILES string of the molecule is CC1(C)C[C@@](C[NH2+]C2CCCCC2)(C[NH+]2CCCC2)CCO1. The van der Waals surface area contributed by atoms with Crippen LogP contribution in [0.25, 0.3) is 0 Å². The summed E-state index contributed by atoms with van der Waals surface area (Å²) in [5.74, 6) is 0. The van der Waals surface area contributed by atoms with Crippen molar-refractivity contribution in [3.63, 3.8) is 0 Å². The minimum absolute atomic E-state index is 0.0812. The molecule has 0 aromatic rings. The van der Waals surface area contributed by atoms with Crippen LogP contribution in [0.3, 0.4) is 0 Å². The second-order valence-corrected chi connectivity index (χ2v) is 9.01. The molecule has 1 saturated carbocycles. The van der Waals surface area contributed by atoms with Gasteiger partial charge in [-0.15, -0.1) is 0 Å². The van der Waals surface area contributed by atoms with Crippen molar-refractivity contribution in [2.45, 2.75) is 83.3 Å². The quantitative estimate of drug-likeness (QED) is 0.784. The summed E-state index contributed by atoms with van der Waals surface area (Å²) in [5.41, 5.74) is 0.594. The molecule has 3 fully saturated rings. The second kappa shape index (κ2) is 7.19. The number of quaternary nitrogens is 2. The molecule has 3 aliphatic rings. The third kappa shape index (κ3) is 4.46. The first-order valence-electron chi connectivity index (χ1n) is 9.88. The van der Waals surface area contributed by atoms with Gasteiger partial charge in [0.15, 0.2) is 0 Å². The van der Waals surface area contributed by atoms with Crippen molar-refractivity contribution < 1.29 is 15.0 Å². The van der Waals surface area contributed by atoms with E-state index in [1.165, 1.54) is 84.0 Å². The maximum absolute atomic E-state index is 6.05. The Morgan fingerprint density at radius 1 is 1.05 bits per heavy atom. The van der Waals surface area contributed by atoms with E-state index in [0.717, 1.165) is 12.6 Å². The Morgan fingerprint density at radius 2 is 1.77 bits per heavy atom. The van der Waals surface area contributed by atoms with Crippen LogP contribution >= 0.6 is 0 Å². The van der Waals surface area contributed by atoms with Crippen LogP contribution in [0.4, 0.5) is 0 Å². The molecule has 22 heavy (non-hydrogen) atoms. The van der Waals surface area contributed by atoms with E-state index >= 15 is 0 Å². The van der Waals surface area contributed by atoms with Gasteiger partial charge in [-0.3, -0.25) is 0 Å². The molecule has 3 N–H and O–H groups in total. The molecule has 0 spiro atoms. The highest BCUT2D eigenvalue weighted by atomic mass is 16.5. The van der Waals surface area contributed by atoms with Crippen LogP contribution in [0.15, 0.2) is 0 Å². The number of ether oxygens (including phenoxy) is 1. The van der Waals surface area contributed by atoms with Crippen molar-refractivity contribution in [2.24, 2.45) is 5.41 Å². The molecule has 0 unspecified atom stereocenters. The lowest BCUT2D eigenvalue weighted by Gasteiger charge is -2.44. The van der Waals surface area contributed by atoms with Crippen molar-refractivity contribution in [3.8, 4) is 0 Å². The minimum atomic E-state index is 0.0812. The fourth-order valence-electron chi connectivity index (χ4n) is 5.35. The maximum Gasteiger partial charge on any atom is 0.0884 e. The van der Waals surface area contributed by atoms with Crippen molar-refractivity contribution in [3.05, 3.63) is 0 Å². The number of likely N-dealkylation sites (tertiary alicyclic amines) is 1. The molecular formula is C19H38N2O+2. The average molecular weight is 311 g/mol. The molecule has 0 aromatic heterocycles. The van der Waals surface area contributed by atoms with E-state index < -0.39 is 0 Å². The molecule has 3 nitrogen and oxygen atoms in total. The molecule has 0 radical (unpaired) electrons. The lowest BCUT2D eigenvalue weighted by molar-refractivity contribution is -0.898. The summed E-state index contributed by atoms with van der Waals surface area (Å²) in [4.78, 5) is 1.87. The summed E-state index contributed by atoms with van der Waals surface area (Å²) in [6.45, 7) is 11.1.